The quantitative estimate of drug-likeness (QED) is 0.383. The van der Waals surface area contributed by atoms with Crippen molar-refractivity contribution in [2.24, 2.45) is 0 Å². The maximum atomic E-state index is 11.1. The van der Waals surface area contributed by atoms with E-state index < -0.39 is 11.8 Å². The minimum absolute atomic E-state index is 0.0395. The number of nitrogens with one attached hydrogen (secondary N) is 2. The monoisotopic (exact) mass is 184 g/mol. The third kappa shape index (κ3) is 2.17. The Morgan fingerprint density at radius 1 is 1.83 bits per heavy atom. The van der Waals surface area contributed by atoms with Crippen LogP contribution in [0, 0.1) is 0 Å². The standard InChI is InChI=1S/C6H9BN2O2S/c7-6(11)9-4-1-3(2-12)8-5(4)10/h3-4,12H,1-2H2,(H,8,10)(H,9,11)/t3-,4-/m1/s1. The molecule has 1 fully saturated rings. The van der Waals surface area contributed by atoms with E-state index in [0.717, 1.165) is 0 Å². The molecule has 0 aromatic carbocycles. The van der Waals surface area contributed by atoms with Gasteiger partial charge in [0.05, 0.1) is 0 Å². The highest BCUT2D eigenvalue weighted by Crippen LogP contribution is 2.08. The van der Waals surface area contributed by atoms with Crippen LogP contribution >= 0.6 is 12.6 Å². The molecule has 2 N–H and O–H groups in total. The third-order valence-corrected chi connectivity index (χ3v) is 2.16. The van der Waals surface area contributed by atoms with Crippen molar-refractivity contribution in [1.29, 1.82) is 0 Å². The molecule has 0 aliphatic carbocycles. The number of hydrogen-bond donors (Lipinski definition) is 3. The van der Waals surface area contributed by atoms with Crippen molar-refractivity contribution in [2.45, 2.75) is 18.5 Å². The predicted octanol–water partition coefficient (Wildman–Crippen LogP) is -0.949. The second kappa shape index (κ2) is 3.84. The molecule has 1 rings (SSSR count). The zero-order chi connectivity index (χ0) is 9.14. The van der Waals surface area contributed by atoms with Crippen molar-refractivity contribution in [3.05, 3.63) is 0 Å². The Labute approximate surface area is 77.3 Å². The Morgan fingerprint density at radius 3 is 2.92 bits per heavy atom. The molecule has 64 valence electrons. The van der Waals surface area contributed by atoms with Crippen LogP contribution < -0.4 is 10.6 Å². The van der Waals surface area contributed by atoms with Gasteiger partial charge < -0.3 is 10.6 Å². The minimum Gasteiger partial charge on any atom is -0.354 e. The van der Waals surface area contributed by atoms with E-state index in [1.165, 1.54) is 0 Å². The number of amides is 2. The lowest BCUT2D eigenvalue weighted by atomic mass is 10.1. The Kier molecular flexibility index (Phi) is 3.02. The fraction of sp³-hybridized carbons (Fsp3) is 0.667. The topological polar surface area (TPSA) is 58.2 Å². The van der Waals surface area contributed by atoms with Gasteiger partial charge in [-0.15, -0.1) is 0 Å². The van der Waals surface area contributed by atoms with Crippen LogP contribution in [0.3, 0.4) is 0 Å². The molecule has 0 aromatic heterocycles. The molecule has 2 amide bonds. The Balaban J connectivity index is 2.46. The Bertz CT molecular complexity index is 212. The van der Waals surface area contributed by atoms with Crippen LogP contribution in [0.25, 0.3) is 0 Å². The number of rotatable bonds is 2. The molecule has 0 saturated carbocycles. The van der Waals surface area contributed by atoms with Crippen LogP contribution in [0.5, 0.6) is 0 Å². The first kappa shape index (κ1) is 9.44. The van der Waals surface area contributed by atoms with Gasteiger partial charge in [0, 0.05) is 11.8 Å². The lowest BCUT2D eigenvalue weighted by molar-refractivity contribution is -0.120. The maximum absolute atomic E-state index is 11.1. The molecular formula is C6H9BN2O2S. The highest BCUT2D eigenvalue weighted by molar-refractivity contribution is 7.80. The van der Waals surface area contributed by atoms with Crippen LogP contribution in [0.15, 0.2) is 0 Å². The highest BCUT2D eigenvalue weighted by Gasteiger charge is 2.31. The van der Waals surface area contributed by atoms with E-state index in [1.54, 1.807) is 0 Å². The number of thiol groups is 1. The van der Waals surface area contributed by atoms with Crippen molar-refractivity contribution in [3.63, 3.8) is 0 Å². The second-order valence-electron chi connectivity index (χ2n) is 2.68. The van der Waals surface area contributed by atoms with E-state index in [0.29, 0.717) is 12.2 Å². The van der Waals surface area contributed by atoms with Gasteiger partial charge in [0.15, 0.2) is 5.81 Å². The largest absolute Gasteiger partial charge is 0.354 e. The summed E-state index contributed by atoms with van der Waals surface area (Å²) < 4.78 is 0. The lowest BCUT2D eigenvalue weighted by Crippen LogP contribution is -2.39. The zero-order valence-electron chi connectivity index (χ0n) is 6.41. The summed E-state index contributed by atoms with van der Waals surface area (Å²) in [6.45, 7) is 0. The van der Waals surface area contributed by atoms with Gasteiger partial charge in [-0.3, -0.25) is 9.59 Å². The fourth-order valence-electron chi connectivity index (χ4n) is 1.17. The zero-order valence-corrected chi connectivity index (χ0v) is 7.30. The van der Waals surface area contributed by atoms with E-state index in [9.17, 15) is 9.59 Å². The molecular weight excluding hydrogens is 175 g/mol. The van der Waals surface area contributed by atoms with E-state index in [2.05, 4.69) is 23.3 Å². The fourth-order valence-corrected chi connectivity index (χ4v) is 1.41. The van der Waals surface area contributed by atoms with Gasteiger partial charge in [-0.1, -0.05) is 0 Å². The molecule has 12 heavy (non-hydrogen) atoms. The van der Waals surface area contributed by atoms with Crippen LogP contribution in [0.2, 0.25) is 0 Å². The Hall–Kier alpha value is -0.645. The predicted molar refractivity (Wildman–Crippen MR) is 48.5 cm³/mol. The molecule has 2 atom stereocenters. The first-order valence-electron chi connectivity index (χ1n) is 3.60. The summed E-state index contributed by atoms with van der Waals surface area (Å²) in [6.07, 6.45) is 0.561. The summed E-state index contributed by atoms with van der Waals surface area (Å²) in [6, 6.07) is -0.447. The van der Waals surface area contributed by atoms with Crippen LogP contribution in [0.1, 0.15) is 6.42 Å². The molecule has 0 spiro atoms. The van der Waals surface area contributed by atoms with E-state index in [4.69, 9.17) is 7.85 Å². The van der Waals surface area contributed by atoms with Crippen molar-refractivity contribution >= 4 is 32.2 Å². The van der Waals surface area contributed by atoms with Crippen LogP contribution in [-0.4, -0.2) is 37.4 Å². The average Bonchev–Trinajstić information content (AvgIpc) is 2.31. The number of carbonyl (C=O) groups is 2. The summed E-state index contributed by atoms with van der Waals surface area (Å²) in [5, 5.41) is 5.02. The van der Waals surface area contributed by atoms with E-state index in [-0.39, 0.29) is 11.9 Å². The van der Waals surface area contributed by atoms with Gasteiger partial charge in [-0.05, 0) is 6.42 Å². The third-order valence-electron chi connectivity index (χ3n) is 1.72. The van der Waals surface area contributed by atoms with Gasteiger partial charge in [0.25, 0.3) is 0 Å². The first-order valence-corrected chi connectivity index (χ1v) is 4.24. The summed E-state index contributed by atoms with van der Waals surface area (Å²) in [7, 11) is 4.87. The van der Waals surface area contributed by atoms with Crippen molar-refractivity contribution in [3.8, 4) is 0 Å². The second-order valence-corrected chi connectivity index (χ2v) is 3.05. The van der Waals surface area contributed by atoms with Gasteiger partial charge in [0.1, 0.15) is 6.04 Å². The molecule has 0 aromatic rings. The van der Waals surface area contributed by atoms with Crippen LogP contribution in [-0.2, 0) is 4.79 Å². The van der Waals surface area contributed by atoms with Gasteiger partial charge in [0.2, 0.25) is 13.8 Å². The average molecular weight is 184 g/mol. The highest BCUT2D eigenvalue weighted by atomic mass is 32.1. The number of carbonyl (C=O) groups excluding carboxylic acids is 2. The van der Waals surface area contributed by atoms with Gasteiger partial charge in [-0.25, -0.2) is 0 Å². The molecule has 2 radical (unpaired) electrons. The minimum atomic E-state index is -0.671. The SMILES string of the molecule is [B]C(=O)N[C@@H]1C[C@H](CS)NC1=O. The van der Waals surface area contributed by atoms with Gasteiger partial charge >= 0.3 is 0 Å². The van der Waals surface area contributed by atoms with E-state index in [1.807, 2.05) is 0 Å². The summed E-state index contributed by atoms with van der Waals surface area (Å²) in [5.74, 6) is -0.286. The van der Waals surface area contributed by atoms with Crippen molar-refractivity contribution in [1.82, 2.24) is 10.6 Å². The lowest BCUT2D eigenvalue weighted by Gasteiger charge is -2.06. The Morgan fingerprint density at radius 2 is 2.50 bits per heavy atom. The molecule has 0 bridgehead atoms. The maximum Gasteiger partial charge on any atom is 0.242 e. The van der Waals surface area contributed by atoms with Crippen molar-refractivity contribution in [2.75, 3.05) is 5.75 Å². The molecule has 6 heteroatoms. The van der Waals surface area contributed by atoms with Crippen molar-refractivity contribution < 1.29 is 9.59 Å². The normalized spacial score (nSPS) is 28.2. The summed E-state index contributed by atoms with van der Waals surface area (Å²) in [5.41, 5.74) is 0. The summed E-state index contributed by atoms with van der Waals surface area (Å²) >= 11 is 4.03. The molecule has 1 aliphatic rings. The molecule has 1 heterocycles. The smallest absolute Gasteiger partial charge is 0.242 e. The molecule has 1 aliphatic heterocycles. The van der Waals surface area contributed by atoms with Gasteiger partial charge in [-0.2, -0.15) is 12.6 Å². The molecule has 4 nitrogen and oxygen atoms in total. The number of hydrogen-bond acceptors (Lipinski definition) is 3. The molecule has 0 unspecified atom stereocenters. The summed E-state index contributed by atoms with van der Waals surface area (Å²) in [4.78, 5) is 21.5. The van der Waals surface area contributed by atoms with Crippen LogP contribution in [0.4, 0.5) is 4.79 Å². The first-order chi connectivity index (χ1) is 5.63. The van der Waals surface area contributed by atoms with E-state index >= 15 is 0 Å². The molecule has 1 saturated heterocycles.